The van der Waals surface area contributed by atoms with Gasteiger partial charge in [0.25, 0.3) is 0 Å². The average Bonchev–Trinajstić information content (AvgIpc) is 1.63. The van der Waals surface area contributed by atoms with Crippen LogP contribution in [0.3, 0.4) is 0 Å². The van der Waals surface area contributed by atoms with Crippen molar-refractivity contribution in [3.63, 3.8) is 0 Å². The van der Waals surface area contributed by atoms with E-state index in [4.69, 9.17) is 0 Å². The van der Waals surface area contributed by atoms with E-state index in [2.05, 4.69) is 0 Å². The molecule has 0 fully saturated rings. The second-order valence-electron chi connectivity index (χ2n) is 1.65. The first-order chi connectivity index (χ1) is 4.06. The zero-order valence-electron chi connectivity index (χ0n) is 6.20. The number of hydrogen-bond donors (Lipinski definition) is 0. The Balaban J connectivity index is 0. The predicted molar refractivity (Wildman–Crippen MR) is 33.7 cm³/mol. The van der Waals surface area contributed by atoms with Gasteiger partial charge in [0, 0.05) is 5.41 Å². The maximum atomic E-state index is 9.86. The second-order valence-corrected chi connectivity index (χ2v) is 2.91. The van der Waals surface area contributed by atoms with Gasteiger partial charge in [0.1, 0.15) is 10.1 Å². The summed E-state index contributed by atoms with van der Waals surface area (Å²) >= 11 is 0. The fraction of sp³-hybridized carbons (Fsp3) is 0.600. The Hall–Kier alpha value is 0.650. The summed E-state index contributed by atoms with van der Waals surface area (Å²) in [4.78, 5) is 0. The third kappa shape index (κ3) is 11.4. The van der Waals surface area contributed by atoms with Gasteiger partial charge in [-0.25, -0.2) is 8.42 Å². The van der Waals surface area contributed by atoms with E-state index < -0.39 is 10.1 Å². The van der Waals surface area contributed by atoms with Crippen LogP contribution in [0.1, 0.15) is 19.8 Å². The molecule has 10 heavy (non-hydrogen) atoms. The van der Waals surface area contributed by atoms with E-state index >= 15 is 0 Å². The molecule has 0 aromatic rings. The number of allylic oxidation sites excluding steroid dienone is 1. The summed E-state index contributed by atoms with van der Waals surface area (Å²) in [6, 6.07) is 0. The number of rotatable bonds is 3. The summed E-state index contributed by atoms with van der Waals surface area (Å²) in [5.41, 5.74) is 0. The molecule has 5 heteroatoms. The van der Waals surface area contributed by atoms with Crippen LogP contribution in [-0.4, -0.2) is 13.0 Å². The molecule has 0 saturated carbocycles. The molecule has 0 N–H and O–H groups in total. The van der Waals surface area contributed by atoms with E-state index in [1.807, 2.05) is 6.92 Å². The van der Waals surface area contributed by atoms with Crippen molar-refractivity contribution in [2.45, 2.75) is 19.8 Å². The molecule has 0 unspecified atom stereocenters. The van der Waals surface area contributed by atoms with Crippen LogP contribution < -0.4 is 29.6 Å². The van der Waals surface area contributed by atoms with E-state index in [0.717, 1.165) is 6.42 Å². The standard InChI is InChI=1S/C5H10O3S.Na/c1-2-3-4-5-9(6,7)8;/h4-5H,2-3H2,1H3,(H,6,7,8);/q;+1/p-1. The fourth-order valence-electron chi connectivity index (χ4n) is 0.353. The van der Waals surface area contributed by atoms with Crippen molar-refractivity contribution in [1.29, 1.82) is 0 Å². The Morgan fingerprint density at radius 1 is 1.50 bits per heavy atom. The third-order valence-electron chi connectivity index (χ3n) is 0.718. The minimum absolute atomic E-state index is 0. The van der Waals surface area contributed by atoms with Crippen molar-refractivity contribution in [2.24, 2.45) is 0 Å². The van der Waals surface area contributed by atoms with Gasteiger partial charge in [0.2, 0.25) is 0 Å². The molecular weight excluding hydrogens is 163 g/mol. The van der Waals surface area contributed by atoms with Crippen molar-refractivity contribution in [3.05, 3.63) is 11.5 Å². The van der Waals surface area contributed by atoms with Crippen molar-refractivity contribution in [1.82, 2.24) is 0 Å². The summed E-state index contributed by atoms with van der Waals surface area (Å²) in [5.74, 6) is 0. The largest absolute Gasteiger partial charge is 1.00 e. The molecule has 0 saturated heterocycles. The quantitative estimate of drug-likeness (QED) is 0.360. The Labute approximate surface area is 83.6 Å². The van der Waals surface area contributed by atoms with Crippen molar-refractivity contribution in [2.75, 3.05) is 0 Å². The van der Waals surface area contributed by atoms with Gasteiger partial charge >= 0.3 is 29.6 Å². The maximum Gasteiger partial charge on any atom is 1.00 e. The minimum Gasteiger partial charge on any atom is -0.744 e. The van der Waals surface area contributed by atoms with Crippen LogP contribution in [-0.2, 0) is 10.1 Å². The van der Waals surface area contributed by atoms with E-state index in [1.165, 1.54) is 6.08 Å². The van der Waals surface area contributed by atoms with Gasteiger partial charge in [0.05, 0.1) is 0 Å². The van der Waals surface area contributed by atoms with E-state index in [-0.39, 0.29) is 29.6 Å². The van der Waals surface area contributed by atoms with Crippen LogP contribution in [0, 0.1) is 0 Å². The van der Waals surface area contributed by atoms with Crippen molar-refractivity contribution < 1.29 is 42.5 Å². The monoisotopic (exact) mass is 172 g/mol. The maximum absolute atomic E-state index is 9.86. The third-order valence-corrected chi connectivity index (χ3v) is 1.24. The molecule has 54 valence electrons. The SMILES string of the molecule is CCCC=CS(=O)(=O)[O-].[Na+]. The molecule has 3 nitrogen and oxygen atoms in total. The smallest absolute Gasteiger partial charge is 0.744 e. The van der Waals surface area contributed by atoms with Crippen LogP contribution in [0.2, 0.25) is 0 Å². The molecule has 0 bridgehead atoms. The van der Waals surface area contributed by atoms with Crippen LogP contribution in [0.4, 0.5) is 0 Å². The zero-order valence-corrected chi connectivity index (χ0v) is 9.02. The molecule has 0 amide bonds. The average molecular weight is 172 g/mol. The fourth-order valence-corrected chi connectivity index (χ4v) is 0.724. The Morgan fingerprint density at radius 3 is 2.30 bits per heavy atom. The molecule has 0 heterocycles. The van der Waals surface area contributed by atoms with Gasteiger partial charge in [-0.2, -0.15) is 0 Å². The van der Waals surface area contributed by atoms with Gasteiger partial charge in [-0.05, 0) is 6.42 Å². The Bertz CT molecular complexity index is 183. The molecule has 0 aromatic carbocycles. The van der Waals surface area contributed by atoms with Crippen LogP contribution >= 0.6 is 0 Å². The second kappa shape index (κ2) is 6.37. The molecule has 0 aliphatic heterocycles. The summed E-state index contributed by atoms with van der Waals surface area (Å²) in [5, 5.41) is 0.691. The van der Waals surface area contributed by atoms with Crippen LogP contribution in [0.5, 0.6) is 0 Å². The van der Waals surface area contributed by atoms with Crippen molar-refractivity contribution in [3.8, 4) is 0 Å². The topological polar surface area (TPSA) is 57.2 Å². The summed E-state index contributed by atoms with van der Waals surface area (Å²) in [6.45, 7) is 1.90. The van der Waals surface area contributed by atoms with Gasteiger partial charge < -0.3 is 4.55 Å². The zero-order chi connectivity index (χ0) is 7.33. The number of unbranched alkanes of at least 4 members (excludes halogenated alkanes) is 1. The summed E-state index contributed by atoms with van der Waals surface area (Å²) < 4.78 is 29.6. The van der Waals surface area contributed by atoms with E-state index in [1.54, 1.807) is 0 Å². The molecule has 0 rings (SSSR count). The Kier molecular flexibility index (Phi) is 8.44. The van der Waals surface area contributed by atoms with Crippen LogP contribution in [0.15, 0.2) is 11.5 Å². The van der Waals surface area contributed by atoms with E-state index in [9.17, 15) is 13.0 Å². The molecule has 0 aromatic heterocycles. The predicted octanol–water partition coefficient (Wildman–Crippen LogP) is -2.15. The molecule has 0 aliphatic rings. The first kappa shape index (κ1) is 13.3. The van der Waals surface area contributed by atoms with Gasteiger partial charge in [0.15, 0.2) is 0 Å². The molecule has 0 spiro atoms. The van der Waals surface area contributed by atoms with Crippen LogP contribution in [0.25, 0.3) is 0 Å². The van der Waals surface area contributed by atoms with Crippen molar-refractivity contribution >= 4 is 10.1 Å². The van der Waals surface area contributed by atoms with Gasteiger partial charge in [-0.1, -0.05) is 19.4 Å². The van der Waals surface area contributed by atoms with Gasteiger partial charge in [-0.3, -0.25) is 0 Å². The first-order valence-corrected chi connectivity index (χ1v) is 4.16. The first-order valence-electron chi connectivity index (χ1n) is 2.68. The van der Waals surface area contributed by atoms with Gasteiger partial charge in [-0.15, -0.1) is 0 Å². The summed E-state index contributed by atoms with van der Waals surface area (Å²) in [6.07, 6.45) is 2.86. The summed E-state index contributed by atoms with van der Waals surface area (Å²) in [7, 11) is -4.13. The van der Waals surface area contributed by atoms with E-state index in [0.29, 0.717) is 11.8 Å². The molecular formula is C5H9NaO3S. The molecule has 0 atom stereocenters. The number of hydrogen-bond acceptors (Lipinski definition) is 3. The molecule has 0 radical (unpaired) electrons. The molecule has 0 aliphatic carbocycles. The normalized spacial score (nSPS) is 11.4. The minimum atomic E-state index is -4.13. The Morgan fingerprint density at radius 2 is 2.00 bits per heavy atom.